The molecule has 0 saturated heterocycles. The van der Waals surface area contributed by atoms with Gasteiger partial charge >= 0.3 is 11.9 Å². The number of aromatic nitrogens is 1. The Hall–Kier alpha value is -3.46. The van der Waals surface area contributed by atoms with Crippen LogP contribution < -0.4 is 5.32 Å². The summed E-state index contributed by atoms with van der Waals surface area (Å²) >= 11 is 1.49. The number of amides is 1. The maximum absolute atomic E-state index is 12.5. The number of nitrogens with one attached hydrogen (secondary N) is 1. The molecule has 0 unspecified atom stereocenters. The minimum atomic E-state index is -0.640. The van der Waals surface area contributed by atoms with Crippen LogP contribution in [0.15, 0.2) is 40.1 Å². The molecule has 3 rings (SSSR count). The van der Waals surface area contributed by atoms with Gasteiger partial charge in [0.25, 0.3) is 0 Å². The molecule has 0 bridgehead atoms. The molecule has 0 atom stereocenters. The molecule has 0 radical (unpaired) electrons. The minimum absolute atomic E-state index is 0.0310. The highest BCUT2D eigenvalue weighted by Gasteiger charge is 2.18. The van der Waals surface area contributed by atoms with E-state index in [2.05, 4.69) is 19.8 Å². The second kappa shape index (κ2) is 8.70. The highest BCUT2D eigenvalue weighted by Crippen LogP contribution is 2.26. The smallest absolute Gasteiger partial charge is 0.337 e. The molecule has 9 heteroatoms. The van der Waals surface area contributed by atoms with Gasteiger partial charge in [0.2, 0.25) is 11.8 Å². The van der Waals surface area contributed by atoms with Crippen LogP contribution in [0.25, 0.3) is 10.8 Å². The van der Waals surface area contributed by atoms with Gasteiger partial charge in [0.1, 0.15) is 5.76 Å². The largest absolute Gasteiger partial charge is 0.465 e. The van der Waals surface area contributed by atoms with Crippen LogP contribution in [0.5, 0.6) is 0 Å². The lowest BCUT2D eigenvalue weighted by Gasteiger charge is -2.09. The normalized spacial score (nSPS) is 10.4. The number of anilines is 1. The van der Waals surface area contributed by atoms with Crippen LogP contribution >= 0.6 is 11.3 Å². The van der Waals surface area contributed by atoms with Crippen molar-refractivity contribution in [2.75, 3.05) is 19.5 Å². The number of hydrogen-bond donors (Lipinski definition) is 1. The number of carbonyl (C=O) groups is 3. The summed E-state index contributed by atoms with van der Waals surface area (Å²) in [6.45, 7) is 1.74. The second-order valence-electron chi connectivity index (χ2n) is 6.01. The van der Waals surface area contributed by atoms with Gasteiger partial charge < -0.3 is 19.2 Å². The highest BCUT2D eigenvalue weighted by molar-refractivity contribution is 7.13. The van der Waals surface area contributed by atoms with Gasteiger partial charge in [-0.05, 0) is 36.6 Å². The number of carbonyl (C=O) groups excluding carboxylic acids is 3. The molecule has 0 aliphatic heterocycles. The van der Waals surface area contributed by atoms with E-state index in [1.807, 2.05) is 17.5 Å². The Balaban J connectivity index is 1.80. The fraction of sp³-hybridized carbons (Fsp3) is 0.200. The molecule has 8 nitrogen and oxygen atoms in total. The molecule has 150 valence electrons. The van der Waals surface area contributed by atoms with Crippen molar-refractivity contribution in [1.82, 2.24) is 4.98 Å². The quantitative estimate of drug-likeness (QED) is 0.615. The number of aryl methyl sites for hydroxylation is 1. The molecule has 0 saturated carbocycles. The van der Waals surface area contributed by atoms with E-state index in [1.165, 1.54) is 43.8 Å². The van der Waals surface area contributed by atoms with Crippen molar-refractivity contribution >= 4 is 34.9 Å². The number of rotatable bonds is 6. The van der Waals surface area contributed by atoms with Gasteiger partial charge in [-0.25, -0.2) is 14.6 Å². The van der Waals surface area contributed by atoms with Crippen LogP contribution in [0.4, 0.5) is 5.69 Å². The zero-order valence-electron chi connectivity index (χ0n) is 16.0. The van der Waals surface area contributed by atoms with Crippen LogP contribution in [0.3, 0.4) is 0 Å². The maximum Gasteiger partial charge on any atom is 0.337 e. The van der Waals surface area contributed by atoms with Crippen molar-refractivity contribution in [2.45, 2.75) is 13.3 Å². The van der Waals surface area contributed by atoms with Crippen LogP contribution in [0.1, 0.15) is 32.2 Å². The van der Waals surface area contributed by atoms with E-state index < -0.39 is 11.9 Å². The summed E-state index contributed by atoms with van der Waals surface area (Å²) in [7, 11) is 2.45. The first kappa shape index (κ1) is 20.3. The molecular formula is C20H18N2O6S. The van der Waals surface area contributed by atoms with Gasteiger partial charge in [-0.1, -0.05) is 6.07 Å². The first-order valence-electron chi connectivity index (χ1n) is 8.53. The minimum Gasteiger partial charge on any atom is -0.465 e. The average Bonchev–Trinajstić information content (AvgIpc) is 3.36. The number of oxazole rings is 1. The summed E-state index contributed by atoms with van der Waals surface area (Å²) in [6, 6.07) is 7.94. The van der Waals surface area contributed by atoms with Crippen LogP contribution in [0, 0.1) is 6.92 Å². The van der Waals surface area contributed by atoms with E-state index in [4.69, 9.17) is 4.42 Å². The van der Waals surface area contributed by atoms with Crippen molar-refractivity contribution in [2.24, 2.45) is 0 Å². The fourth-order valence-corrected chi connectivity index (χ4v) is 3.28. The van der Waals surface area contributed by atoms with E-state index in [9.17, 15) is 14.4 Å². The summed E-state index contributed by atoms with van der Waals surface area (Å²) in [5.41, 5.74) is 0.993. The highest BCUT2D eigenvalue weighted by atomic mass is 32.1. The SMILES string of the molecule is COC(=O)c1cc(NC(=O)Cc2nc(-c3cccs3)oc2C)cc(C(=O)OC)c1. The summed E-state index contributed by atoms with van der Waals surface area (Å²) in [4.78, 5) is 41.5. The Morgan fingerprint density at radius 2 is 1.76 bits per heavy atom. The maximum atomic E-state index is 12.5. The van der Waals surface area contributed by atoms with Crippen molar-refractivity contribution in [3.05, 3.63) is 58.3 Å². The molecule has 1 N–H and O–H groups in total. The number of thiophene rings is 1. The molecular weight excluding hydrogens is 396 g/mol. The average molecular weight is 414 g/mol. The number of benzene rings is 1. The van der Waals surface area contributed by atoms with Crippen molar-refractivity contribution in [3.63, 3.8) is 0 Å². The Kier molecular flexibility index (Phi) is 6.08. The van der Waals surface area contributed by atoms with E-state index >= 15 is 0 Å². The number of methoxy groups -OCH3 is 2. The Morgan fingerprint density at radius 1 is 1.10 bits per heavy atom. The monoisotopic (exact) mass is 414 g/mol. The van der Waals surface area contributed by atoms with Crippen molar-refractivity contribution in [1.29, 1.82) is 0 Å². The second-order valence-corrected chi connectivity index (χ2v) is 6.95. The van der Waals surface area contributed by atoms with Gasteiger partial charge in [-0.2, -0.15) is 0 Å². The molecule has 0 spiro atoms. The zero-order valence-corrected chi connectivity index (χ0v) is 16.8. The summed E-state index contributed by atoms with van der Waals surface area (Å²) in [5, 5.41) is 4.58. The predicted octanol–water partition coefficient (Wildman–Crippen LogP) is 3.47. The van der Waals surface area contributed by atoms with E-state index in [0.29, 0.717) is 17.3 Å². The third-order valence-corrected chi connectivity index (χ3v) is 4.87. The fourth-order valence-electron chi connectivity index (χ4n) is 2.63. The Bertz CT molecular complexity index is 1020. The number of hydrogen-bond acceptors (Lipinski definition) is 8. The predicted molar refractivity (Wildman–Crippen MR) is 106 cm³/mol. The molecule has 2 aromatic heterocycles. The lowest BCUT2D eigenvalue weighted by Crippen LogP contribution is -2.16. The Labute approximate surface area is 170 Å². The standard InChI is InChI=1S/C20H18N2O6S/c1-11-15(22-18(28-11)16-5-4-6-29-16)10-17(23)21-14-8-12(19(24)26-2)7-13(9-14)20(25)27-3/h4-9H,10H2,1-3H3,(H,21,23). The van der Waals surface area contributed by atoms with Gasteiger partial charge in [0.15, 0.2) is 0 Å². The molecule has 3 aromatic rings. The number of ether oxygens (including phenoxy) is 2. The number of esters is 2. The molecule has 29 heavy (non-hydrogen) atoms. The molecule has 0 aliphatic rings. The molecule has 0 aliphatic carbocycles. The van der Waals surface area contributed by atoms with Crippen LogP contribution in [-0.4, -0.2) is 37.0 Å². The molecule has 1 amide bonds. The summed E-state index contributed by atoms with van der Waals surface area (Å²) < 4.78 is 15.0. The summed E-state index contributed by atoms with van der Waals surface area (Å²) in [6.07, 6.45) is -0.0310. The van der Waals surface area contributed by atoms with Gasteiger partial charge in [0, 0.05) is 5.69 Å². The van der Waals surface area contributed by atoms with E-state index in [-0.39, 0.29) is 29.1 Å². The van der Waals surface area contributed by atoms with Gasteiger partial charge in [0.05, 0.1) is 42.3 Å². The topological polar surface area (TPSA) is 108 Å². The van der Waals surface area contributed by atoms with Crippen LogP contribution in [0.2, 0.25) is 0 Å². The third-order valence-electron chi connectivity index (χ3n) is 4.01. The van der Waals surface area contributed by atoms with E-state index in [1.54, 1.807) is 6.92 Å². The lowest BCUT2D eigenvalue weighted by atomic mass is 10.1. The van der Waals surface area contributed by atoms with E-state index in [0.717, 1.165) is 4.88 Å². The number of nitrogens with zero attached hydrogens (tertiary/aromatic N) is 1. The van der Waals surface area contributed by atoms with Crippen LogP contribution in [-0.2, 0) is 20.7 Å². The van der Waals surface area contributed by atoms with Crippen molar-refractivity contribution < 1.29 is 28.3 Å². The zero-order chi connectivity index (χ0) is 21.0. The first-order valence-corrected chi connectivity index (χ1v) is 9.41. The molecule has 0 fully saturated rings. The van der Waals surface area contributed by atoms with Gasteiger partial charge in [-0.3, -0.25) is 4.79 Å². The molecule has 1 aromatic carbocycles. The van der Waals surface area contributed by atoms with Gasteiger partial charge in [-0.15, -0.1) is 11.3 Å². The van der Waals surface area contributed by atoms with Crippen molar-refractivity contribution in [3.8, 4) is 10.8 Å². The first-order chi connectivity index (χ1) is 13.9. The molecule has 2 heterocycles. The third kappa shape index (κ3) is 4.69. The summed E-state index contributed by atoms with van der Waals surface area (Å²) in [5.74, 6) is -0.654. The lowest BCUT2D eigenvalue weighted by molar-refractivity contribution is -0.115. The Morgan fingerprint density at radius 3 is 2.31 bits per heavy atom.